The minimum absolute atomic E-state index is 0.267. The van der Waals surface area contributed by atoms with Gasteiger partial charge in [-0.25, -0.2) is 9.59 Å². The lowest BCUT2D eigenvalue weighted by molar-refractivity contribution is -0.180. The predicted molar refractivity (Wildman–Crippen MR) is 51.5 cm³/mol. The zero-order chi connectivity index (χ0) is 11.8. The molecule has 0 aliphatic carbocycles. The highest BCUT2D eigenvalue weighted by atomic mass is 16.7. The Hall–Kier alpha value is -1.34. The molecule has 0 bridgehead atoms. The highest BCUT2D eigenvalue weighted by Crippen LogP contribution is 1.92. The van der Waals surface area contributed by atoms with Crippen LogP contribution in [0.5, 0.6) is 0 Å². The lowest BCUT2D eigenvalue weighted by Gasteiger charge is -2.21. The van der Waals surface area contributed by atoms with E-state index in [1.54, 1.807) is 6.92 Å². The Kier molecular flexibility index (Phi) is 6.39. The number of carboxylic acid groups (broad SMARTS) is 2. The molecule has 88 valence electrons. The maximum Gasteiger partial charge on any atom is 0.407 e. The van der Waals surface area contributed by atoms with Gasteiger partial charge in [0.05, 0.1) is 0 Å². The first-order valence-corrected chi connectivity index (χ1v) is 4.51. The molecule has 0 saturated carbocycles. The molecule has 0 aromatic rings. The van der Waals surface area contributed by atoms with Gasteiger partial charge in [0, 0.05) is 26.7 Å². The van der Waals surface area contributed by atoms with E-state index in [4.69, 9.17) is 15.1 Å². The number of hydrogen-bond donors (Lipinski definition) is 2. The Morgan fingerprint density at radius 3 is 2.27 bits per heavy atom. The van der Waals surface area contributed by atoms with Gasteiger partial charge in [0.15, 0.2) is 6.61 Å². The molecule has 0 aliphatic rings. The summed E-state index contributed by atoms with van der Waals surface area (Å²) in [7, 11) is 1.44. The van der Waals surface area contributed by atoms with E-state index in [0.717, 1.165) is 4.90 Å². The second kappa shape index (κ2) is 7.02. The summed E-state index contributed by atoms with van der Waals surface area (Å²) >= 11 is 0. The Bertz CT molecular complexity index is 221. The average Bonchev–Trinajstić information content (AvgIpc) is 2.17. The zero-order valence-electron chi connectivity index (χ0n) is 8.84. The van der Waals surface area contributed by atoms with Crippen molar-refractivity contribution in [3.05, 3.63) is 0 Å². The molecule has 0 fully saturated rings. The maximum absolute atomic E-state index is 10.4. The highest BCUT2D eigenvalue weighted by Gasteiger charge is 2.09. The zero-order valence-corrected chi connectivity index (χ0v) is 8.84. The van der Waals surface area contributed by atoms with Crippen molar-refractivity contribution in [1.29, 1.82) is 0 Å². The van der Waals surface area contributed by atoms with E-state index in [2.05, 4.69) is 0 Å². The lowest BCUT2D eigenvalue weighted by Crippen LogP contribution is -2.36. The van der Waals surface area contributed by atoms with Crippen LogP contribution in [-0.2, 0) is 9.63 Å². The van der Waals surface area contributed by atoms with Crippen molar-refractivity contribution in [3.63, 3.8) is 0 Å². The van der Waals surface area contributed by atoms with Gasteiger partial charge in [0.2, 0.25) is 0 Å². The molecule has 0 rings (SSSR count). The fraction of sp³-hybridized carbons (Fsp3) is 0.750. The Morgan fingerprint density at radius 1 is 1.27 bits per heavy atom. The standard InChI is InChI=1S/C8H16N2O5/c1-3-10(15-6-7(11)12)5-4-9(2)8(13)14/h3-6H2,1-2H3,(H,11,12)(H,13,14). The summed E-state index contributed by atoms with van der Waals surface area (Å²) in [5.41, 5.74) is 0. The van der Waals surface area contributed by atoms with Crippen molar-refractivity contribution in [2.45, 2.75) is 6.92 Å². The summed E-state index contributed by atoms with van der Waals surface area (Å²) in [6.45, 7) is 2.49. The second-order valence-corrected chi connectivity index (χ2v) is 2.89. The molecule has 0 saturated heterocycles. The van der Waals surface area contributed by atoms with Gasteiger partial charge in [-0.2, -0.15) is 5.06 Å². The van der Waals surface area contributed by atoms with Gasteiger partial charge in [-0.05, 0) is 0 Å². The molecule has 0 heterocycles. The van der Waals surface area contributed by atoms with Crippen molar-refractivity contribution < 1.29 is 24.6 Å². The molecule has 0 spiro atoms. The molecular weight excluding hydrogens is 204 g/mol. The lowest BCUT2D eigenvalue weighted by atomic mass is 10.5. The molecule has 1 amide bonds. The largest absolute Gasteiger partial charge is 0.479 e. The highest BCUT2D eigenvalue weighted by molar-refractivity contribution is 5.67. The molecule has 7 heteroatoms. The molecule has 0 aromatic heterocycles. The average molecular weight is 220 g/mol. The van der Waals surface area contributed by atoms with Crippen LogP contribution in [0.2, 0.25) is 0 Å². The Morgan fingerprint density at radius 2 is 1.87 bits per heavy atom. The third kappa shape index (κ3) is 6.69. The van der Waals surface area contributed by atoms with E-state index in [-0.39, 0.29) is 6.54 Å². The monoisotopic (exact) mass is 220 g/mol. The van der Waals surface area contributed by atoms with Crippen LogP contribution in [0, 0.1) is 0 Å². The van der Waals surface area contributed by atoms with Crippen molar-refractivity contribution in [2.75, 3.05) is 33.3 Å². The smallest absolute Gasteiger partial charge is 0.407 e. The molecule has 0 aromatic carbocycles. The van der Waals surface area contributed by atoms with E-state index in [1.165, 1.54) is 12.1 Å². The third-order valence-electron chi connectivity index (χ3n) is 1.73. The molecule has 15 heavy (non-hydrogen) atoms. The summed E-state index contributed by atoms with van der Waals surface area (Å²) in [5.74, 6) is -1.06. The fourth-order valence-electron chi connectivity index (χ4n) is 0.818. The normalized spacial score (nSPS) is 10.3. The molecule has 0 aliphatic heterocycles. The number of likely N-dealkylation sites (N-methyl/N-ethyl adjacent to an activating group) is 2. The van der Waals surface area contributed by atoms with Crippen LogP contribution in [0.1, 0.15) is 6.92 Å². The summed E-state index contributed by atoms with van der Waals surface area (Å²) in [6, 6.07) is 0. The van der Waals surface area contributed by atoms with Crippen LogP contribution in [-0.4, -0.2) is 65.5 Å². The van der Waals surface area contributed by atoms with Gasteiger partial charge in [0.1, 0.15) is 0 Å². The van der Waals surface area contributed by atoms with Crippen molar-refractivity contribution >= 4 is 12.1 Å². The van der Waals surface area contributed by atoms with Crippen LogP contribution in [0.3, 0.4) is 0 Å². The number of carboxylic acids is 1. The topological polar surface area (TPSA) is 90.3 Å². The van der Waals surface area contributed by atoms with E-state index >= 15 is 0 Å². The molecule has 2 N–H and O–H groups in total. The molecule has 0 unspecified atom stereocenters. The van der Waals surface area contributed by atoms with Crippen LogP contribution in [0.4, 0.5) is 4.79 Å². The van der Waals surface area contributed by atoms with E-state index in [0.29, 0.717) is 13.1 Å². The van der Waals surface area contributed by atoms with E-state index in [9.17, 15) is 9.59 Å². The van der Waals surface area contributed by atoms with Crippen molar-refractivity contribution in [2.24, 2.45) is 0 Å². The van der Waals surface area contributed by atoms with Crippen molar-refractivity contribution in [3.8, 4) is 0 Å². The quantitative estimate of drug-likeness (QED) is 0.584. The summed E-state index contributed by atoms with van der Waals surface area (Å²) in [4.78, 5) is 26.6. The van der Waals surface area contributed by atoms with E-state index < -0.39 is 18.7 Å². The number of aliphatic carboxylic acids is 1. The second-order valence-electron chi connectivity index (χ2n) is 2.89. The van der Waals surface area contributed by atoms with Gasteiger partial charge in [-0.3, -0.25) is 4.84 Å². The fourth-order valence-corrected chi connectivity index (χ4v) is 0.818. The van der Waals surface area contributed by atoms with Crippen molar-refractivity contribution in [1.82, 2.24) is 9.96 Å². The number of carbonyl (C=O) groups is 2. The van der Waals surface area contributed by atoms with Gasteiger partial charge in [-0.1, -0.05) is 6.92 Å². The third-order valence-corrected chi connectivity index (χ3v) is 1.73. The van der Waals surface area contributed by atoms with Crippen LogP contribution >= 0.6 is 0 Å². The van der Waals surface area contributed by atoms with Gasteiger partial charge in [0.25, 0.3) is 0 Å². The number of rotatable bonds is 7. The van der Waals surface area contributed by atoms with Crippen LogP contribution in [0.25, 0.3) is 0 Å². The SMILES string of the molecule is CCN(CCN(C)C(=O)O)OCC(=O)O. The van der Waals surface area contributed by atoms with Crippen LogP contribution < -0.4 is 0 Å². The molecule has 7 nitrogen and oxygen atoms in total. The first-order valence-electron chi connectivity index (χ1n) is 4.51. The maximum atomic E-state index is 10.4. The Labute approximate surface area is 87.8 Å². The number of hydroxylamine groups is 2. The summed E-state index contributed by atoms with van der Waals surface area (Å²) in [6.07, 6.45) is -1.02. The molecular formula is C8H16N2O5. The predicted octanol–water partition coefficient (Wildman–Crippen LogP) is -0.0657. The number of amides is 1. The summed E-state index contributed by atoms with van der Waals surface area (Å²) < 4.78 is 0. The molecule has 0 radical (unpaired) electrons. The summed E-state index contributed by atoms with van der Waals surface area (Å²) in [5, 5.41) is 18.3. The first-order chi connectivity index (χ1) is 6.97. The van der Waals surface area contributed by atoms with Crippen LogP contribution in [0.15, 0.2) is 0 Å². The minimum atomic E-state index is -1.06. The van der Waals surface area contributed by atoms with Gasteiger partial charge < -0.3 is 15.1 Å². The number of nitrogens with zero attached hydrogens (tertiary/aromatic N) is 2. The van der Waals surface area contributed by atoms with Gasteiger partial charge in [-0.15, -0.1) is 0 Å². The molecule has 0 atom stereocenters. The minimum Gasteiger partial charge on any atom is -0.479 e. The van der Waals surface area contributed by atoms with Gasteiger partial charge >= 0.3 is 12.1 Å². The Balaban J connectivity index is 3.79. The first kappa shape index (κ1) is 13.7. The number of hydrogen-bond acceptors (Lipinski definition) is 4. The van der Waals surface area contributed by atoms with E-state index in [1.807, 2.05) is 0 Å².